The minimum atomic E-state index is -2.71. The zero-order chi connectivity index (χ0) is 10.5. The number of hydrogen-bond donors (Lipinski definition) is 0. The first-order chi connectivity index (χ1) is 7.16. The van der Waals surface area contributed by atoms with Crippen molar-refractivity contribution in [1.29, 1.82) is 0 Å². The number of fused-ring (bicyclic) bond motifs is 3. The van der Waals surface area contributed by atoms with Crippen LogP contribution in [0.25, 0.3) is 0 Å². The zero-order valence-electron chi connectivity index (χ0n) is 8.98. The lowest BCUT2D eigenvalue weighted by molar-refractivity contribution is 0.255. The van der Waals surface area contributed by atoms with Crippen molar-refractivity contribution < 1.29 is 8.42 Å². The van der Waals surface area contributed by atoms with Crippen LogP contribution in [-0.4, -0.2) is 19.9 Å². The fraction of sp³-hybridized carbons (Fsp3) is 0.833. The van der Waals surface area contributed by atoms with Crippen LogP contribution in [0.15, 0.2) is 11.6 Å². The quantitative estimate of drug-likeness (QED) is 0.593. The van der Waals surface area contributed by atoms with E-state index in [-0.39, 0.29) is 0 Å². The van der Waals surface area contributed by atoms with Crippen LogP contribution in [0.4, 0.5) is 0 Å². The molecule has 0 bridgehead atoms. The highest BCUT2D eigenvalue weighted by Gasteiger charge is 2.44. The van der Waals surface area contributed by atoms with Gasteiger partial charge in [0.1, 0.15) is 0 Å². The second-order valence-corrected chi connectivity index (χ2v) is 7.52. The lowest BCUT2D eigenvalue weighted by Gasteiger charge is -2.36. The maximum absolute atomic E-state index is 11.6. The van der Waals surface area contributed by atoms with Crippen LogP contribution in [0.2, 0.25) is 0 Å². The second kappa shape index (κ2) is 3.34. The molecule has 0 N–H and O–H groups in total. The van der Waals surface area contributed by atoms with Gasteiger partial charge in [0.2, 0.25) is 0 Å². The van der Waals surface area contributed by atoms with Crippen molar-refractivity contribution in [2.45, 2.75) is 32.1 Å². The average molecular weight is 226 g/mol. The second-order valence-electron chi connectivity index (χ2n) is 5.37. The summed E-state index contributed by atoms with van der Waals surface area (Å²) in [6.45, 7) is 0. The van der Waals surface area contributed by atoms with Gasteiger partial charge < -0.3 is 0 Å². The monoisotopic (exact) mass is 226 g/mol. The fourth-order valence-electron chi connectivity index (χ4n) is 3.74. The Labute approximate surface area is 91.7 Å². The topological polar surface area (TPSA) is 34.1 Å². The van der Waals surface area contributed by atoms with Gasteiger partial charge in [-0.05, 0) is 43.4 Å². The first-order valence-electron chi connectivity index (χ1n) is 6.05. The van der Waals surface area contributed by atoms with E-state index in [1.54, 1.807) is 5.57 Å². The Bertz CT molecular complexity index is 394. The van der Waals surface area contributed by atoms with Gasteiger partial charge in [0.05, 0.1) is 11.5 Å². The molecule has 2 fully saturated rings. The highest BCUT2D eigenvalue weighted by molar-refractivity contribution is 7.91. The van der Waals surface area contributed by atoms with Gasteiger partial charge in [0.15, 0.2) is 9.84 Å². The molecule has 0 aromatic heterocycles. The molecule has 0 amide bonds. The summed E-state index contributed by atoms with van der Waals surface area (Å²) in [7, 11) is -2.71. The minimum Gasteiger partial charge on any atom is -0.229 e. The van der Waals surface area contributed by atoms with E-state index < -0.39 is 9.84 Å². The van der Waals surface area contributed by atoms with Crippen molar-refractivity contribution in [2.75, 3.05) is 11.5 Å². The van der Waals surface area contributed by atoms with Crippen LogP contribution >= 0.6 is 0 Å². The van der Waals surface area contributed by atoms with E-state index in [0.717, 1.165) is 6.42 Å². The maximum atomic E-state index is 11.6. The van der Waals surface area contributed by atoms with Gasteiger partial charge in [-0.1, -0.05) is 18.1 Å². The van der Waals surface area contributed by atoms with E-state index in [9.17, 15) is 8.42 Å². The lowest BCUT2D eigenvalue weighted by Crippen LogP contribution is -2.29. The summed E-state index contributed by atoms with van der Waals surface area (Å²) in [5, 5.41) is 0. The summed E-state index contributed by atoms with van der Waals surface area (Å²) >= 11 is 0. The summed E-state index contributed by atoms with van der Waals surface area (Å²) in [6.07, 6.45) is 8.45. The van der Waals surface area contributed by atoms with Crippen molar-refractivity contribution >= 4 is 9.84 Å². The summed E-state index contributed by atoms with van der Waals surface area (Å²) in [4.78, 5) is 0. The molecule has 0 aromatic carbocycles. The van der Waals surface area contributed by atoms with Gasteiger partial charge >= 0.3 is 0 Å². The maximum Gasteiger partial charge on any atom is 0.150 e. The van der Waals surface area contributed by atoms with E-state index >= 15 is 0 Å². The molecule has 1 aliphatic heterocycles. The summed E-state index contributed by atoms with van der Waals surface area (Å²) < 4.78 is 23.3. The summed E-state index contributed by atoms with van der Waals surface area (Å²) in [5.41, 5.74) is 1.58. The zero-order valence-corrected chi connectivity index (χ0v) is 9.80. The Morgan fingerprint density at radius 2 is 2.07 bits per heavy atom. The molecule has 1 saturated heterocycles. The molecule has 0 aromatic rings. The molecule has 1 saturated carbocycles. The third kappa shape index (κ3) is 1.65. The van der Waals surface area contributed by atoms with Gasteiger partial charge in [0, 0.05) is 0 Å². The molecule has 1 heterocycles. The standard InChI is InChI=1S/C12H18O2S/c13-15(14)7-10-6-5-9-3-1-2-4-11(9)12(10)8-15/h5,10-12H,1-4,6-8H2/t10-,11-,12+/m0/s1. The molecule has 84 valence electrons. The predicted octanol–water partition coefficient (Wildman–Crippen LogP) is 2.17. The SMILES string of the molecule is O=S1(=O)C[C@@H]2CC=C3CCCC[C@@H]3[C@@H]2C1. The Kier molecular flexibility index (Phi) is 2.20. The van der Waals surface area contributed by atoms with Gasteiger partial charge in [0.25, 0.3) is 0 Å². The van der Waals surface area contributed by atoms with Crippen LogP contribution in [0.3, 0.4) is 0 Å². The summed E-state index contributed by atoms with van der Waals surface area (Å²) in [5.74, 6) is 2.46. The Hall–Kier alpha value is -0.310. The van der Waals surface area contributed by atoms with Crippen molar-refractivity contribution in [1.82, 2.24) is 0 Å². The Balaban J connectivity index is 1.90. The molecule has 3 rings (SSSR count). The molecular weight excluding hydrogens is 208 g/mol. The van der Waals surface area contributed by atoms with Gasteiger partial charge in [-0.25, -0.2) is 8.42 Å². The first-order valence-corrected chi connectivity index (χ1v) is 7.87. The average Bonchev–Trinajstić information content (AvgIpc) is 2.52. The van der Waals surface area contributed by atoms with Crippen molar-refractivity contribution in [2.24, 2.45) is 17.8 Å². The van der Waals surface area contributed by atoms with Crippen LogP contribution in [0, 0.1) is 17.8 Å². The molecule has 2 aliphatic carbocycles. The van der Waals surface area contributed by atoms with Crippen LogP contribution in [-0.2, 0) is 9.84 Å². The molecular formula is C12H18O2S. The molecule has 0 unspecified atom stereocenters. The normalized spacial score (nSPS) is 42.9. The van der Waals surface area contributed by atoms with Gasteiger partial charge in [-0.15, -0.1) is 0 Å². The van der Waals surface area contributed by atoms with Crippen molar-refractivity contribution in [3.63, 3.8) is 0 Å². The molecule has 15 heavy (non-hydrogen) atoms. The fourth-order valence-corrected chi connectivity index (χ4v) is 6.01. The predicted molar refractivity (Wildman–Crippen MR) is 60.3 cm³/mol. The number of rotatable bonds is 0. The number of sulfone groups is 1. The molecule has 0 radical (unpaired) electrons. The highest BCUT2D eigenvalue weighted by atomic mass is 32.2. The molecule has 0 spiro atoms. The number of allylic oxidation sites excluding steroid dienone is 2. The Morgan fingerprint density at radius 3 is 2.93 bits per heavy atom. The van der Waals surface area contributed by atoms with Crippen LogP contribution in [0.5, 0.6) is 0 Å². The van der Waals surface area contributed by atoms with Crippen molar-refractivity contribution in [3.05, 3.63) is 11.6 Å². The van der Waals surface area contributed by atoms with Crippen LogP contribution < -0.4 is 0 Å². The van der Waals surface area contributed by atoms with E-state index in [1.807, 2.05) is 0 Å². The highest BCUT2D eigenvalue weighted by Crippen LogP contribution is 2.46. The van der Waals surface area contributed by atoms with Crippen LogP contribution in [0.1, 0.15) is 32.1 Å². The largest absolute Gasteiger partial charge is 0.229 e. The molecule has 3 aliphatic rings. The van der Waals surface area contributed by atoms with E-state index in [1.165, 1.54) is 25.7 Å². The third-order valence-electron chi connectivity index (χ3n) is 4.43. The summed E-state index contributed by atoms with van der Waals surface area (Å²) in [6, 6.07) is 0. The molecule has 2 nitrogen and oxygen atoms in total. The molecule has 3 atom stereocenters. The van der Waals surface area contributed by atoms with Gasteiger partial charge in [-0.3, -0.25) is 0 Å². The van der Waals surface area contributed by atoms with E-state index in [0.29, 0.717) is 29.3 Å². The first kappa shape index (κ1) is 9.88. The van der Waals surface area contributed by atoms with Gasteiger partial charge in [-0.2, -0.15) is 0 Å². The van der Waals surface area contributed by atoms with Crippen molar-refractivity contribution in [3.8, 4) is 0 Å². The lowest BCUT2D eigenvalue weighted by atomic mass is 9.68. The smallest absolute Gasteiger partial charge is 0.150 e. The van der Waals surface area contributed by atoms with E-state index in [4.69, 9.17) is 0 Å². The minimum absolute atomic E-state index is 0.446. The third-order valence-corrected chi connectivity index (χ3v) is 6.26. The molecule has 3 heteroatoms. The number of hydrogen-bond acceptors (Lipinski definition) is 2. The Morgan fingerprint density at radius 1 is 1.20 bits per heavy atom. The van der Waals surface area contributed by atoms with E-state index in [2.05, 4.69) is 6.08 Å².